The molecule has 0 unspecified atom stereocenters. The molecule has 0 amide bonds. The fourth-order valence-corrected chi connectivity index (χ4v) is 7.97. The second kappa shape index (κ2) is 8.27. The lowest BCUT2D eigenvalue weighted by molar-refractivity contribution is 0.271. The van der Waals surface area contributed by atoms with Gasteiger partial charge in [-0.3, -0.25) is 0 Å². The van der Waals surface area contributed by atoms with Gasteiger partial charge in [0.2, 0.25) is 20.0 Å². The maximum Gasteiger partial charge on any atom is 0.246 e. The van der Waals surface area contributed by atoms with Crippen molar-refractivity contribution in [1.29, 1.82) is 0 Å². The summed E-state index contributed by atoms with van der Waals surface area (Å²) >= 11 is 1.39. The molecule has 0 aliphatic carbocycles. The fraction of sp³-hybridized carbons (Fsp3) is 0.300. The largest absolute Gasteiger partial charge is 0.492 e. The van der Waals surface area contributed by atoms with Crippen LogP contribution in [0.5, 0.6) is 5.75 Å². The molecule has 1 saturated heterocycles. The number of benzene rings is 2. The molecule has 1 fully saturated rings. The van der Waals surface area contributed by atoms with E-state index in [4.69, 9.17) is 4.74 Å². The van der Waals surface area contributed by atoms with Crippen LogP contribution < -0.4 is 4.74 Å². The third-order valence-electron chi connectivity index (χ3n) is 5.03. The maximum absolute atomic E-state index is 13.2. The minimum absolute atomic E-state index is 0.0874. The van der Waals surface area contributed by atoms with Crippen molar-refractivity contribution in [2.24, 2.45) is 0 Å². The molecule has 7 nitrogen and oxygen atoms in total. The number of piperazine rings is 1. The Kier molecular flexibility index (Phi) is 5.86. The number of sulfonamides is 2. The Morgan fingerprint density at radius 1 is 0.833 bits per heavy atom. The van der Waals surface area contributed by atoms with Crippen molar-refractivity contribution in [2.75, 3.05) is 32.8 Å². The Bertz CT molecular complexity index is 1260. The SMILES string of the molecule is CCOc1ccccc1S(=O)(=O)N1CCN(S(=O)(=O)c2csc3ccccc23)CC1. The highest BCUT2D eigenvalue weighted by atomic mass is 32.2. The first-order valence-corrected chi connectivity index (χ1v) is 13.3. The lowest BCUT2D eigenvalue weighted by atomic mass is 10.3. The number of hydrogen-bond acceptors (Lipinski definition) is 6. The zero-order chi connectivity index (χ0) is 21.4. The highest BCUT2D eigenvalue weighted by Gasteiger charge is 2.35. The standard InChI is InChI=1S/C20H22N2O5S3/c1-2-27-17-8-4-6-10-19(17)29(23,24)21-11-13-22(14-12-21)30(25,26)20-15-28-18-9-5-3-7-16(18)20/h3-10,15H,2,11-14H2,1H3. The van der Waals surface area contributed by atoms with Gasteiger partial charge in [0.25, 0.3) is 0 Å². The summed E-state index contributed by atoms with van der Waals surface area (Å²) in [5.74, 6) is 0.305. The molecule has 10 heteroatoms. The van der Waals surface area contributed by atoms with E-state index in [0.29, 0.717) is 17.7 Å². The van der Waals surface area contributed by atoms with Gasteiger partial charge in [-0.25, -0.2) is 16.8 Å². The molecule has 0 radical (unpaired) electrons. The van der Waals surface area contributed by atoms with E-state index in [-0.39, 0.29) is 36.0 Å². The zero-order valence-corrected chi connectivity index (χ0v) is 18.8. The predicted octanol–water partition coefficient (Wildman–Crippen LogP) is 3.00. The lowest BCUT2D eigenvalue weighted by Crippen LogP contribution is -2.50. The Morgan fingerprint density at radius 3 is 2.07 bits per heavy atom. The van der Waals surface area contributed by atoms with E-state index < -0.39 is 20.0 Å². The summed E-state index contributed by atoms with van der Waals surface area (Å²) in [4.78, 5) is 0.382. The van der Waals surface area contributed by atoms with Gasteiger partial charge < -0.3 is 4.74 Å². The molecule has 1 aliphatic rings. The molecule has 0 bridgehead atoms. The van der Waals surface area contributed by atoms with Crippen LogP contribution in [0.1, 0.15) is 6.92 Å². The van der Waals surface area contributed by atoms with Crippen LogP contribution in [0.3, 0.4) is 0 Å². The van der Waals surface area contributed by atoms with E-state index in [1.165, 1.54) is 26.0 Å². The van der Waals surface area contributed by atoms with Crippen molar-refractivity contribution in [3.05, 3.63) is 53.9 Å². The van der Waals surface area contributed by atoms with Crippen molar-refractivity contribution < 1.29 is 21.6 Å². The first-order valence-electron chi connectivity index (χ1n) is 9.54. The van der Waals surface area contributed by atoms with Crippen LogP contribution in [0, 0.1) is 0 Å². The van der Waals surface area contributed by atoms with Crippen LogP contribution in [0.25, 0.3) is 10.1 Å². The van der Waals surface area contributed by atoms with Crippen LogP contribution >= 0.6 is 11.3 Å². The van der Waals surface area contributed by atoms with Gasteiger partial charge in [-0.2, -0.15) is 8.61 Å². The molecule has 4 rings (SSSR count). The van der Waals surface area contributed by atoms with Gasteiger partial charge >= 0.3 is 0 Å². The number of nitrogens with zero attached hydrogens (tertiary/aromatic N) is 2. The lowest BCUT2D eigenvalue weighted by Gasteiger charge is -2.33. The van der Waals surface area contributed by atoms with Gasteiger partial charge in [0.15, 0.2) is 0 Å². The Balaban J connectivity index is 1.55. The van der Waals surface area contributed by atoms with E-state index in [0.717, 1.165) is 4.70 Å². The zero-order valence-electron chi connectivity index (χ0n) is 16.4. The molecule has 160 valence electrons. The Labute approximate surface area is 180 Å². The van der Waals surface area contributed by atoms with Crippen molar-refractivity contribution in [2.45, 2.75) is 16.7 Å². The molecule has 0 spiro atoms. The normalized spacial score (nSPS) is 16.7. The van der Waals surface area contributed by atoms with Crippen molar-refractivity contribution in [1.82, 2.24) is 8.61 Å². The van der Waals surface area contributed by atoms with E-state index in [1.54, 1.807) is 36.6 Å². The van der Waals surface area contributed by atoms with Gasteiger partial charge in [0.05, 0.1) is 6.61 Å². The van der Waals surface area contributed by atoms with E-state index in [2.05, 4.69) is 0 Å². The molecular formula is C20H22N2O5S3. The maximum atomic E-state index is 13.2. The van der Waals surface area contributed by atoms with Gasteiger partial charge in [-0.05, 0) is 25.1 Å². The third kappa shape index (κ3) is 3.74. The molecule has 1 aliphatic heterocycles. The summed E-state index contributed by atoms with van der Waals surface area (Å²) in [7, 11) is -7.48. The predicted molar refractivity (Wildman–Crippen MR) is 117 cm³/mol. The molecular weight excluding hydrogens is 444 g/mol. The van der Waals surface area contributed by atoms with Crippen LogP contribution in [-0.2, 0) is 20.0 Å². The molecule has 30 heavy (non-hydrogen) atoms. The van der Waals surface area contributed by atoms with Crippen LogP contribution in [0.15, 0.2) is 63.7 Å². The third-order valence-corrected chi connectivity index (χ3v) is 10.0. The van der Waals surface area contributed by atoms with Crippen LogP contribution in [0.2, 0.25) is 0 Å². The van der Waals surface area contributed by atoms with Gasteiger partial charge in [-0.15, -0.1) is 11.3 Å². The minimum atomic E-state index is -3.78. The van der Waals surface area contributed by atoms with Gasteiger partial charge in [0.1, 0.15) is 15.5 Å². The van der Waals surface area contributed by atoms with Gasteiger partial charge in [0, 0.05) is 41.6 Å². The number of hydrogen-bond donors (Lipinski definition) is 0. The van der Waals surface area contributed by atoms with E-state index in [9.17, 15) is 16.8 Å². The fourth-order valence-electron chi connectivity index (χ4n) is 3.52. The molecule has 0 saturated carbocycles. The van der Waals surface area contributed by atoms with E-state index in [1.807, 2.05) is 18.2 Å². The van der Waals surface area contributed by atoms with Crippen molar-refractivity contribution in [3.8, 4) is 5.75 Å². The average molecular weight is 467 g/mol. The second-order valence-electron chi connectivity index (χ2n) is 6.78. The number of para-hydroxylation sites is 1. The Hall–Kier alpha value is -1.98. The molecule has 2 aromatic carbocycles. The summed E-state index contributed by atoms with van der Waals surface area (Å²) < 4.78 is 61.7. The molecule has 2 heterocycles. The average Bonchev–Trinajstić information content (AvgIpc) is 3.19. The summed E-state index contributed by atoms with van der Waals surface area (Å²) in [6.45, 7) is 2.52. The first kappa shape index (κ1) is 21.3. The summed E-state index contributed by atoms with van der Waals surface area (Å²) in [6.07, 6.45) is 0. The molecule has 0 N–H and O–H groups in total. The highest BCUT2D eigenvalue weighted by Crippen LogP contribution is 2.32. The number of thiophene rings is 1. The van der Waals surface area contributed by atoms with Crippen molar-refractivity contribution in [3.63, 3.8) is 0 Å². The molecule has 3 aromatic rings. The number of rotatable bonds is 6. The number of fused-ring (bicyclic) bond motifs is 1. The summed E-state index contributed by atoms with van der Waals surface area (Å²) in [6, 6.07) is 13.9. The monoisotopic (exact) mass is 466 g/mol. The van der Waals surface area contributed by atoms with E-state index >= 15 is 0 Å². The molecule has 1 aromatic heterocycles. The van der Waals surface area contributed by atoms with Gasteiger partial charge in [-0.1, -0.05) is 30.3 Å². The smallest absolute Gasteiger partial charge is 0.246 e. The topological polar surface area (TPSA) is 84.0 Å². The summed E-state index contributed by atoms with van der Waals surface area (Å²) in [5, 5.41) is 2.35. The summed E-state index contributed by atoms with van der Waals surface area (Å²) in [5.41, 5.74) is 0. The quantitative estimate of drug-likeness (QED) is 0.558. The number of ether oxygens (including phenoxy) is 1. The molecule has 0 atom stereocenters. The van der Waals surface area contributed by atoms with Crippen LogP contribution in [0.4, 0.5) is 0 Å². The second-order valence-corrected chi connectivity index (χ2v) is 11.5. The van der Waals surface area contributed by atoms with Crippen molar-refractivity contribution >= 4 is 41.5 Å². The Morgan fingerprint density at radius 2 is 1.40 bits per heavy atom. The highest BCUT2D eigenvalue weighted by molar-refractivity contribution is 7.90. The minimum Gasteiger partial charge on any atom is -0.492 e. The first-order chi connectivity index (χ1) is 14.4. The van der Waals surface area contributed by atoms with Crippen LogP contribution in [-0.4, -0.2) is 58.2 Å².